The summed E-state index contributed by atoms with van der Waals surface area (Å²) >= 11 is 11.7. The number of alkyl halides is 1. The summed E-state index contributed by atoms with van der Waals surface area (Å²) < 4.78 is 0. The molecule has 6 heteroatoms. The maximum atomic E-state index is 12.2. The molecule has 0 atom stereocenters. The van der Waals surface area contributed by atoms with E-state index in [1.807, 2.05) is 0 Å². The highest BCUT2D eigenvalue weighted by atomic mass is 35.5. The van der Waals surface area contributed by atoms with E-state index in [0.717, 1.165) is 0 Å². The standard InChI is InChI=1S/C14H18Cl2N2O2/c1-14(2,8-15)13(20)17-11-7-9(16)5-6-10(11)12(19)18(3)4/h5-7H,8H2,1-4H3,(H,17,20). The zero-order valence-corrected chi connectivity index (χ0v) is 13.5. The number of hydrogen-bond acceptors (Lipinski definition) is 2. The van der Waals surface area contributed by atoms with Gasteiger partial charge in [-0.1, -0.05) is 11.6 Å². The minimum absolute atomic E-state index is 0.177. The van der Waals surface area contributed by atoms with Gasteiger partial charge in [-0.25, -0.2) is 0 Å². The summed E-state index contributed by atoms with van der Waals surface area (Å²) in [6.07, 6.45) is 0. The number of hydrogen-bond donors (Lipinski definition) is 1. The molecule has 0 aromatic heterocycles. The number of nitrogens with one attached hydrogen (secondary N) is 1. The van der Waals surface area contributed by atoms with Gasteiger partial charge in [0.05, 0.1) is 16.7 Å². The lowest BCUT2D eigenvalue weighted by Gasteiger charge is -2.22. The molecule has 0 aliphatic carbocycles. The molecule has 0 unspecified atom stereocenters. The Labute approximate surface area is 129 Å². The molecule has 1 aromatic rings. The van der Waals surface area contributed by atoms with Crippen LogP contribution in [0.2, 0.25) is 5.02 Å². The lowest BCUT2D eigenvalue weighted by Crippen LogP contribution is -2.33. The average molecular weight is 317 g/mol. The van der Waals surface area contributed by atoms with Crippen LogP contribution in [0.4, 0.5) is 5.69 Å². The monoisotopic (exact) mass is 316 g/mol. The number of carbonyl (C=O) groups excluding carboxylic acids is 2. The summed E-state index contributed by atoms with van der Waals surface area (Å²) in [5, 5.41) is 3.17. The first kappa shape index (κ1) is 16.8. The predicted octanol–water partition coefficient (Wildman–Crippen LogP) is 3.25. The molecule has 0 saturated carbocycles. The SMILES string of the molecule is CN(C)C(=O)c1ccc(Cl)cc1NC(=O)C(C)(C)CCl. The summed E-state index contributed by atoms with van der Waals surface area (Å²) in [5.41, 5.74) is 0.0417. The van der Waals surface area contributed by atoms with Gasteiger partial charge in [-0.05, 0) is 32.0 Å². The molecule has 0 saturated heterocycles. The van der Waals surface area contributed by atoms with Crippen LogP contribution >= 0.6 is 23.2 Å². The van der Waals surface area contributed by atoms with E-state index in [1.54, 1.807) is 46.1 Å². The summed E-state index contributed by atoms with van der Waals surface area (Å²) in [6, 6.07) is 4.76. The van der Waals surface area contributed by atoms with E-state index in [-0.39, 0.29) is 17.7 Å². The van der Waals surface area contributed by atoms with Gasteiger partial charge in [0.2, 0.25) is 5.91 Å². The van der Waals surface area contributed by atoms with Gasteiger partial charge in [-0.2, -0.15) is 0 Å². The van der Waals surface area contributed by atoms with Gasteiger partial charge < -0.3 is 10.2 Å². The Bertz CT molecular complexity index is 528. The summed E-state index contributed by atoms with van der Waals surface area (Å²) in [5.74, 6) is -0.292. The van der Waals surface area contributed by atoms with Crippen molar-refractivity contribution in [1.29, 1.82) is 0 Å². The predicted molar refractivity (Wildman–Crippen MR) is 82.6 cm³/mol. The highest BCUT2D eigenvalue weighted by Gasteiger charge is 2.27. The number of carbonyl (C=O) groups is 2. The van der Waals surface area contributed by atoms with E-state index < -0.39 is 5.41 Å². The van der Waals surface area contributed by atoms with Crippen molar-refractivity contribution in [3.63, 3.8) is 0 Å². The Kier molecular flexibility index (Phi) is 5.42. The Hall–Kier alpha value is -1.26. The van der Waals surface area contributed by atoms with Crippen LogP contribution in [0.3, 0.4) is 0 Å². The molecule has 110 valence electrons. The molecular formula is C14H18Cl2N2O2. The third-order valence-electron chi connectivity index (χ3n) is 2.82. The first-order valence-corrected chi connectivity index (χ1v) is 6.99. The first-order chi connectivity index (χ1) is 9.19. The van der Waals surface area contributed by atoms with Crippen LogP contribution in [0.5, 0.6) is 0 Å². The van der Waals surface area contributed by atoms with Crippen molar-refractivity contribution in [1.82, 2.24) is 4.90 Å². The molecule has 0 spiro atoms. The maximum absolute atomic E-state index is 12.2. The molecule has 20 heavy (non-hydrogen) atoms. The Morgan fingerprint density at radius 2 is 1.90 bits per heavy atom. The molecule has 0 fully saturated rings. The van der Waals surface area contributed by atoms with Crippen LogP contribution in [0.1, 0.15) is 24.2 Å². The molecule has 1 N–H and O–H groups in total. The van der Waals surface area contributed by atoms with Crippen LogP contribution in [0.15, 0.2) is 18.2 Å². The Balaban J connectivity index is 3.14. The molecule has 0 heterocycles. The minimum Gasteiger partial charge on any atom is -0.345 e. The highest BCUT2D eigenvalue weighted by molar-refractivity contribution is 6.31. The van der Waals surface area contributed by atoms with Crippen molar-refractivity contribution in [3.05, 3.63) is 28.8 Å². The zero-order valence-electron chi connectivity index (χ0n) is 12.0. The second kappa shape index (κ2) is 6.46. The smallest absolute Gasteiger partial charge is 0.255 e. The molecule has 4 nitrogen and oxygen atoms in total. The minimum atomic E-state index is -0.734. The van der Waals surface area contributed by atoms with Gasteiger partial charge in [0.15, 0.2) is 0 Å². The van der Waals surface area contributed by atoms with Gasteiger partial charge in [0.1, 0.15) is 0 Å². The van der Waals surface area contributed by atoms with E-state index in [0.29, 0.717) is 16.3 Å². The molecule has 0 bridgehead atoms. The number of rotatable bonds is 4. The van der Waals surface area contributed by atoms with Gasteiger partial charge in [0, 0.05) is 25.0 Å². The molecule has 0 aliphatic rings. The number of benzene rings is 1. The van der Waals surface area contributed by atoms with Gasteiger partial charge in [-0.3, -0.25) is 9.59 Å². The van der Waals surface area contributed by atoms with Crippen molar-refractivity contribution < 1.29 is 9.59 Å². The molecular weight excluding hydrogens is 299 g/mol. The zero-order chi connectivity index (χ0) is 15.5. The first-order valence-electron chi connectivity index (χ1n) is 6.07. The second-order valence-corrected chi connectivity index (χ2v) is 6.06. The Morgan fingerprint density at radius 3 is 2.40 bits per heavy atom. The molecule has 0 radical (unpaired) electrons. The van der Waals surface area contributed by atoms with E-state index in [1.165, 1.54) is 4.90 Å². The average Bonchev–Trinajstić information content (AvgIpc) is 2.38. The molecule has 1 rings (SSSR count). The van der Waals surface area contributed by atoms with Crippen molar-refractivity contribution >= 4 is 40.7 Å². The van der Waals surface area contributed by atoms with Crippen molar-refractivity contribution in [2.45, 2.75) is 13.8 Å². The fourth-order valence-corrected chi connectivity index (χ4v) is 1.69. The summed E-state index contributed by atoms with van der Waals surface area (Å²) in [6.45, 7) is 3.46. The quantitative estimate of drug-likeness (QED) is 0.867. The van der Waals surface area contributed by atoms with Crippen LogP contribution in [0, 0.1) is 5.41 Å². The largest absolute Gasteiger partial charge is 0.345 e. The van der Waals surface area contributed by atoms with Crippen molar-refractivity contribution in [2.24, 2.45) is 5.41 Å². The van der Waals surface area contributed by atoms with Crippen LogP contribution < -0.4 is 5.32 Å². The number of anilines is 1. The van der Waals surface area contributed by atoms with Crippen LogP contribution in [-0.4, -0.2) is 36.7 Å². The number of amides is 2. The van der Waals surface area contributed by atoms with Gasteiger partial charge in [-0.15, -0.1) is 11.6 Å². The van der Waals surface area contributed by atoms with Crippen LogP contribution in [-0.2, 0) is 4.79 Å². The third-order valence-corrected chi connectivity index (χ3v) is 3.72. The third kappa shape index (κ3) is 3.87. The topological polar surface area (TPSA) is 49.4 Å². The van der Waals surface area contributed by atoms with Gasteiger partial charge in [0.25, 0.3) is 5.91 Å². The summed E-state index contributed by atoms with van der Waals surface area (Å²) in [4.78, 5) is 25.7. The van der Waals surface area contributed by atoms with Crippen LogP contribution in [0.25, 0.3) is 0 Å². The fourth-order valence-electron chi connectivity index (χ4n) is 1.40. The van der Waals surface area contributed by atoms with Gasteiger partial charge >= 0.3 is 0 Å². The lowest BCUT2D eigenvalue weighted by molar-refractivity contribution is -0.122. The van der Waals surface area contributed by atoms with Crippen molar-refractivity contribution in [3.8, 4) is 0 Å². The maximum Gasteiger partial charge on any atom is 0.255 e. The molecule has 2 amide bonds. The number of halogens is 2. The van der Waals surface area contributed by atoms with E-state index in [9.17, 15) is 9.59 Å². The fraction of sp³-hybridized carbons (Fsp3) is 0.429. The molecule has 1 aromatic carbocycles. The summed E-state index contributed by atoms with van der Waals surface area (Å²) in [7, 11) is 3.29. The van der Waals surface area contributed by atoms with E-state index in [2.05, 4.69) is 5.32 Å². The van der Waals surface area contributed by atoms with E-state index >= 15 is 0 Å². The molecule has 0 aliphatic heterocycles. The lowest BCUT2D eigenvalue weighted by atomic mass is 9.95. The van der Waals surface area contributed by atoms with E-state index in [4.69, 9.17) is 23.2 Å². The normalized spacial score (nSPS) is 11.1. The van der Waals surface area contributed by atoms with Crippen molar-refractivity contribution in [2.75, 3.05) is 25.3 Å². The second-order valence-electron chi connectivity index (χ2n) is 5.36. The number of nitrogens with zero attached hydrogens (tertiary/aromatic N) is 1. The highest BCUT2D eigenvalue weighted by Crippen LogP contribution is 2.25. The Morgan fingerprint density at radius 1 is 1.30 bits per heavy atom.